The number of aliphatic hydroxyl groups excluding tert-OH is 1. The van der Waals surface area contributed by atoms with Gasteiger partial charge in [-0.15, -0.1) is 0 Å². The molecule has 2 N–H and O–H groups in total. The lowest BCUT2D eigenvalue weighted by molar-refractivity contribution is 0.263. The van der Waals surface area contributed by atoms with E-state index in [-0.39, 0.29) is 6.61 Å². The van der Waals surface area contributed by atoms with Crippen LogP contribution >= 0.6 is 0 Å². The zero-order chi connectivity index (χ0) is 13.5. The molecule has 5 heteroatoms. The maximum absolute atomic E-state index is 8.99. The molecule has 5 nitrogen and oxygen atoms in total. The van der Waals surface area contributed by atoms with Gasteiger partial charge < -0.3 is 15.3 Å². The van der Waals surface area contributed by atoms with E-state index in [2.05, 4.69) is 27.1 Å². The highest BCUT2D eigenvalue weighted by molar-refractivity contribution is 5.49. The van der Waals surface area contributed by atoms with Crippen LogP contribution in [-0.4, -0.2) is 41.3 Å². The minimum Gasteiger partial charge on any atom is -0.396 e. The van der Waals surface area contributed by atoms with Crippen molar-refractivity contribution in [1.29, 1.82) is 0 Å². The summed E-state index contributed by atoms with van der Waals surface area (Å²) in [7, 11) is 0. The molecule has 1 atom stereocenters. The van der Waals surface area contributed by atoms with Gasteiger partial charge in [0.1, 0.15) is 18.0 Å². The lowest BCUT2D eigenvalue weighted by atomic mass is 10.1. The Morgan fingerprint density at radius 1 is 1.47 bits per heavy atom. The molecule has 1 fully saturated rings. The summed E-state index contributed by atoms with van der Waals surface area (Å²) in [6.45, 7) is 5.44. The molecule has 0 aromatic carbocycles. The van der Waals surface area contributed by atoms with E-state index in [0.29, 0.717) is 5.92 Å². The maximum Gasteiger partial charge on any atom is 0.134 e. The van der Waals surface area contributed by atoms with Crippen LogP contribution in [0.5, 0.6) is 0 Å². The minimum atomic E-state index is 0.284. The van der Waals surface area contributed by atoms with Gasteiger partial charge in [0.15, 0.2) is 0 Å². The van der Waals surface area contributed by atoms with Gasteiger partial charge >= 0.3 is 0 Å². The molecular formula is C14H24N4O. The number of unbranched alkanes of at least 4 members (excludes halogenated alkanes) is 1. The lowest BCUT2D eigenvalue weighted by Crippen LogP contribution is -2.21. The van der Waals surface area contributed by atoms with E-state index in [9.17, 15) is 0 Å². The summed E-state index contributed by atoms with van der Waals surface area (Å²) < 4.78 is 0. The first kappa shape index (κ1) is 14.1. The molecule has 0 bridgehead atoms. The van der Waals surface area contributed by atoms with Crippen molar-refractivity contribution in [3.63, 3.8) is 0 Å². The first-order valence-electron chi connectivity index (χ1n) is 7.25. The molecule has 1 unspecified atom stereocenters. The van der Waals surface area contributed by atoms with Crippen LogP contribution in [0.1, 0.15) is 32.6 Å². The molecule has 2 rings (SSSR count). The second-order valence-electron chi connectivity index (χ2n) is 5.15. The molecule has 1 saturated heterocycles. The molecule has 2 heterocycles. The van der Waals surface area contributed by atoms with Crippen molar-refractivity contribution >= 4 is 11.6 Å². The van der Waals surface area contributed by atoms with Gasteiger partial charge in [0, 0.05) is 32.3 Å². The molecule has 0 saturated carbocycles. The summed E-state index contributed by atoms with van der Waals surface area (Å²) in [5.41, 5.74) is 0. The second kappa shape index (κ2) is 7.28. The molecule has 1 aliphatic heterocycles. The summed E-state index contributed by atoms with van der Waals surface area (Å²) in [6.07, 6.45) is 6.00. The van der Waals surface area contributed by atoms with Gasteiger partial charge in [-0.05, 0) is 25.2 Å². The van der Waals surface area contributed by atoms with Crippen LogP contribution < -0.4 is 10.2 Å². The summed E-state index contributed by atoms with van der Waals surface area (Å²) in [5.74, 6) is 2.50. The van der Waals surface area contributed by atoms with Crippen molar-refractivity contribution in [3.8, 4) is 0 Å². The SMILES string of the molecule is CCCCNc1cc(N2CCC(CCO)C2)ncn1. The number of nitrogens with one attached hydrogen (secondary N) is 1. The molecule has 1 aromatic heterocycles. The molecule has 1 aliphatic rings. The summed E-state index contributed by atoms with van der Waals surface area (Å²) in [6, 6.07) is 2.02. The third-order valence-electron chi connectivity index (χ3n) is 3.64. The van der Waals surface area contributed by atoms with E-state index in [1.165, 1.54) is 6.42 Å². The van der Waals surface area contributed by atoms with Crippen molar-refractivity contribution in [2.75, 3.05) is 36.5 Å². The van der Waals surface area contributed by atoms with Crippen LogP contribution in [0.4, 0.5) is 11.6 Å². The van der Waals surface area contributed by atoms with Gasteiger partial charge in [0.25, 0.3) is 0 Å². The highest BCUT2D eigenvalue weighted by atomic mass is 16.3. The predicted molar refractivity (Wildman–Crippen MR) is 77.5 cm³/mol. The number of nitrogens with zero attached hydrogens (tertiary/aromatic N) is 3. The predicted octanol–water partition coefficient (Wildman–Crippen LogP) is 1.90. The third kappa shape index (κ3) is 4.06. The smallest absolute Gasteiger partial charge is 0.134 e. The third-order valence-corrected chi connectivity index (χ3v) is 3.64. The topological polar surface area (TPSA) is 61.3 Å². The van der Waals surface area contributed by atoms with Gasteiger partial charge in [0.05, 0.1) is 0 Å². The van der Waals surface area contributed by atoms with E-state index in [1.807, 2.05) is 6.07 Å². The van der Waals surface area contributed by atoms with Gasteiger partial charge in [-0.25, -0.2) is 9.97 Å². The van der Waals surface area contributed by atoms with Gasteiger partial charge in [-0.3, -0.25) is 0 Å². The van der Waals surface area contributed by atoms with Gasteiger partial charge in [0.2, 0.25) is 0 Å². The summed E-state index contributed by atoms with van der Waals surface area (Å²) in [4.78, 5) is 10.9. The Morgan fingerprint density at radius 3 is 3.16 bits per heavy atom. The fourth-order valence-electron chi connectivity index (χ4n) is 2.47. The Hall–Kier alpha value is -1.36. The van der Waals surface area contributed by atoms with Crippen molar-refractivity contribution < 1.29 is 5.11 Å². The Balaban J connectivity index is 1.91. The van der Waals surface area contributed by atoms with Crippen LogP contribution in [0.25, 0.3) is 0 Å². The molecule has 19 heavy (non-hydrogen) atoms. The summed E-state index contributed by atoms with van der Waals surface area (Å²) >= 11 is 0. The fourth-order valence-corrected chi connectivity index (χ4v) is 2.47. The normalized spacial score (nSPS) is 18.8. The minimum absolute atomic E-state index is 0.284. The van der Waals surface area contributed by atoms with Crippen molar-refractivity contribution in [3.05, 3.63) is 12.4 Å². The molecule has 1 aromatic rings. The van der Waals surface area contributed by atoms with Crippen LogP contribution in [0.2, 0.25) is 0 Å². The van der Waals surface area contributed by atoms with Crippen LogP contribution in [-0.2, 0) is 0 Å². The molecule has 0 aliphatic carbocycles. The van der Waals surface area contributed by atoms with E-state index in [0.717, 1.165) is 50.5 Å². The molecular weight excluding hydrogens is 240 g/mol. The van der Waals surface area contributed by atoms with Crippen LogP contribution in [0, 0.1) is 5.92 Å². The monoisotopic (exact) mass is 264 g/mol. The number of hydrogen-bond acceptors (Lipinski definition) is 5. The van der Waals surface area contributed by atoms with Crippen molar-refractivity contribution in [1.82, 2.24) is 9.97 Å². The summed E-state index contributed by atoms with van der Waals surface area (Å²) in [5, 5.41) is 12.3. The number of hydrogen-bond donors (Lipinski definition) is 2. The van der Waals surface area contributed by atoms with Crippen LogP contribution in [0.3, 0.4) is 0 Å². The quantitative estimate of drug-likeness (QED) is 0.737. The van der Waals surface area contributed by atoms with E-state index >= 15 is 0 Å². The number of aliphatic hydroxyl groups is 1. The number of rotatable bonds is 7. The first-order valence-corrected chi connectivity index (χ1v) is 7.25. The first-order chi connectivity index (χ1) is 9.33. The lowest BCUT2D eigenvalue weighted by Gasteiger charge is -2.18. The average molecular weight is 264 g/mol. The standard InChI is InChI=1S/C14H24N4O/c1-2-3-6-15-13-9-14(17-11-16-13)18-7-4-12(10-18)5-8-19/h9,11-12,19H,2-8,10H2,1H3,(H,15,16,17). The highest BCUT2D eigenvalue weighted by Crippen LogP contribution is 2.24. The average Bonchev–Trinajstić information content (AvgIpc) is 2.89. The highest BCUT2D eigenvalue weighted by Gasteiger charge is 2.23. The Morgan fingerprint density at radius 2 is 2.37 bits per heavy atom. The number of aromatic nitrogens is 2. The van der Waals surface area contributed by atoms with Crippen molar-refractivity contribution in [2.24, 2.45) is 5.92 Å². The molecule has 106 valence electrons. The largest absolute Gasteiger partial charge is 0.396 e. The van der Waals surface area contributed by atoms with Crippen molar-refractivity contribution in [2.45, 2.75) is 32.6 Å². The Labute approximate surface area is 115 Å². The molecule has 0 spiro atoms. The Kier molecular flexibility index (Phi) is 5.39. The van der Waals surface area contributed by atoms with Gasteiger partial charge in [-0.1, -0.05) is 13.3 Å². The van der Waals surface area contributed by atoms with E-state index < -0.39 is 0 Å². The second-order valence-corrected chi connectivity index (χ2v) is 5.15. The maximum atomic E-state index is 8.99. The molecule has 0 amide bonds. The molecule has 0 radical (unpaired) electrons. The van der Waals surface area contributed by atoms with E-state index in [4.69, 9.17) is 5.11 Å². The van der Waals surface area contributed by atoms with E-state index in [1.54, 1.807) is 6.33 Å². The fraction of sp³-hybridized carbons (Fsp3) is 0.714. The van der Waals surface area contributed by atoms with Crippen LogP contribution in [0.15, 0.2) is 12.4 Å². The zero-order valence-electron chi connectivity index (χ0n) is 11.7. The number of anilines is 2. The Bertz CT molecular complexity index is 385. The van der Waals surface area contributed by atoms with Gasteiger partial charge in [-0.2, -0.15) is 0 Å². The zero-order valence-corrected chi connectivity index (χ0v) is 11.7.